The van der Waals surface area contributed by atoms with Crippen LogP contribution in [0.5, 0.6) is 0 Å². The Bertz CT molecular complexity index is 875. The first-order valence-electron chi connectivity index (χ1n) is 20.5. The van der Waals surface area contributed by atoms with Crippen molar-refractivity contribution in [1.82, 2.24) is 0 Å². The lowest BCUT2D eigenvalue weighted by atomic mass is 10.1. The fourth-order valence-corrected chi connectivity index (χ4v) is 6.21. The molecule has 2 unspecified atom stereocenters. The topological polar surface area (TPSA) is 108 Å². The van der Waals surface area contributed by atoms with E-state index < -0.39 is 26.5 Å². The van der Waals surface area contributed by atoms with Gasteiger partial charge in [0.25, 0.3) is 0 Å². The first-order chi connectivity index (χ1) is 24.3. The zero-order chi connectivity index (χ0) is 36.8. The van der Waals surface area contributed by atoms with Gasteiger partial charge in [0.2, 0.25) is 0 Å². The van der Waals surface area contributed by atoms with Gasteiger partial charge in [-0.15, -0.1) is 0 Å². The lowest BCUT2D eigenvalue weighted by Gasteiger charge is -2.19. The van der Waals surface area contributed by atoms with Crippen molar-refractivity contribution in [2.45, 2.75) is 206 Å². The van der Waals surface area contributed by atoms with Crippen molar-refractivity contribution in [2.24, 2.45) is 0 Å². The number of phosphoric ester groups is 1. The van der Waals surface area contributed by atoms with Crippen LogP contribution in [0, 0.1) is 0 Å². The van der Waals surface area contributed by atoms with Gasteiger partial charge in [-0.05, 0) is 44.9 Å². The van der Waals surface area contributed by atoms with Crippen LogP contribution < -0.4 is 0 Å². The highest BCUT2D eigenvalue weighted by Crippen LogP contribution is 2.42. The van der Waals surface area contributed by atoms with Crippen LogP contribution in [0.1, 0.15) is 200 Å². The number of carbonyl (C=O) groups is 2. The van der Waals surface area contributed by atoms with E-state index in [1.54, 1.807) is 0 Å². The highest BCUT2D eigenvalue weighted by Gasteiger charge is 2.24. The van der Waals surface area contributed by atoms with Crippen LogP contribution in [-0.2, 0) is 32.7 Å². The fourth-order valence-electron chi connectivity index (χ4n) is 5.75. The molecule has 0 aromatic heterocycles. The summed E-state index contributed by atoms with van der Waals surface area (Å²) >= 11 is 0. The number of hydrogen-bond acceptors (Lipinski definition) is 7. The molecule has 8 nitrogen and oxygen atoms in total. The van der Waals surface area contributed by atoms with Crippen LogP contribution in [0.4, 0.5) is 0 Å². The second-order valence-corrected chi connectivity index (χ2v) is 15.3. The summed E-state index contributed by atoms with van der Waals surface area (Å²) in [6, 6.07) is 0. The van der Waals surface area contributed by atoms with Crippen molar-refractivity contribution in [3.63, 3.8) is 0 Å². The van der Waals surface area contributed by atoms with E-state index in [4.69, 9.17) is 14.0 Å². The van der Waals surface area contributed by atoms with Crippen LogP contribution in [-0.4, -0.2) is 43.3 Å². The lowest BCUT2D eigenvalue weighted by Crippen LogP contribution is -2.29. The molecule has 50 heavy (non-hydrogen) atoms. The molecule has 0 aliphatic rings. The Kier molecular flexibility index (Phi) is 36.2. The Morgan fingerprint density at radius 2 is 0.960 bits per heavy atom. The molecule has 1 N–H and O–H groups in total. The molecule has 9 heteroatoms. The summed E-state index contributed by atoms with van der Waals surface area (Å²) in [4.78, 5) is 34.3. The lowest BCUT2D eigenvalue weighted by molar-refractivity contribution is -0.161. The standard InChI is InChI=1S/C41H77O8P/c1-4-6-8-10-12-14-16-17-18-19-20-21-22-23-24-25-26-28-30-32-34-36-41(43)49-39(38-48-50(44,45)46-3)37-47-40(42)35-33-31-29-27-15-13-11-9-7-5-2/h16-17,19-20,39H,4-15,18,21-38H2,1-3H3,(H,44,45)/b17-16-,20-19-. The van der Waals surface area contributed by atoms with Gasteiger partial charge in [0, 0.05) is 20.0 Å². The largest absolute Gasteiger partial charge is 0.472 e. The molecule has 0 spiro atoms. The van der Waals surface area contributed by atoms with Gasteiger partial charge in [-0.1, -0.05) is 167 Å². The Morgan fingerprint density at radius 1 is 0.560 bits per heavy atom. The van der Waals surface area contributed by atoms with E-state index in [1.807, 2.05) is 0 Å². The number of carbonyl (C=O) groups excluding carboxylic acids is 2. The number of unbranched alkanes of at least 4 members (excludes halogenated alkanes) is 23. The number of hydrogen-bond donors (Lipinski definition) is 1. The summed E-state index contributed by atoms with van der Waals surface area (Å²) in [5.74, 6) is -0.805. The summed E-state index contributed by atoms with van der Waals surface area (Å²) in [6.45, 7) is 3.86. The van der Waals surface area contributed by atoms with Crippen LogP contribution in [0.25, 0.3) is 0 Å². The van der Waals surface area contributed by atoms with E-state index in [0.29, 0.717) is 12.8 Å². The summed E-state index contributed by atoms with van der Waals surface area (Å²) in [6.07, 6.45) is 40.9. The van der Waals surface area contributed by atoms with Gasteiger partial charge in [0.15, 0.2) is 6.10 Å². The van der Waals surface area contributed by atoms with Gasteiger partial charge in [-0.25, -0.2) is 4.57 Å². The smallest absolute Gasteiger partial charge is 0.462 e. The molecule has 0 fully saturated rings. The molecule has 0 heterocycles. The number of rotatable bonds is 38. The number of phosphoric acid groups is 1. The summed E-state index contributed by atoms with van der Waals surface area (Å²) in [5, 5.41) is 0. The van der Waals surface area contributed by atoms with E-state index in [-0.39, 0.29) is 19.0 Å². The second kappa shape index (κ2) is 37.3. The first kappa shape index (κ1) is 48.5. The molecule has 2 atom stereocenters. The van der Waals surface area contributed by atoms with E-state index in [9.17, 15) is 19.0 Å². The molecular formula is C41H77O8P. The third-order valence-electron chi connectivity index (χ3n) is 8.95. The molecule has 0 bridgehead atoms. The van der Waals surface area contributed by atoms with E-state index >= 15 is 0 Å². The minimum atomic E-state index is -4.25. The molecule has 0 radical (unpaired) electrons. The highest BCUT2D eigenvalue weighted by molar-refractivity contribution is 7.47. The highest BCUT2D eigenvalue weighted by atomic mass is 31.2. The van der Waals surface area contributed by atoms with Crippen LogP contribution in [0.15, 0.2) is 24.3 Å². The number of ether oxygens (including phenoxy) is 2. The zero-order valence-corrected chi connectivity index (χ0v) is 33.5. The predicted molar refractivity (Wildman–Crippen MR) is 207 cm³/mol. The Morgan fingerprint density at radius 3 is 1.40 bits per heavy atom. The first-order valence-corrected chi connectivity index (χ1v) is 22.0. The summed E-state index contributed by atoms with van der Waals surface area (Å²) in [5.41, 5.74) is 0. The quantitative estimate of drug-likeness (QED) is 0.0290. The molecule has 0 aliphatic heterocycles. The Labute approximate surface area is 307 Å². The maximum absolute atomic E-state index is 12.5. The maximum atomic E-state index is 12.5. The van der Waals surface area contributed by atoms with E-state index in [0.717, 1.165) is 52.1 Å². The third kappa shape index (κ3) is 36.3. The average molecular weight is 729 g/mol. The third-order valence-corrected chi connectivity index (χ3v) is 9.89. The van der Waals surface area contributed by atoms with E-state index in [1.165, 1.54) is 122 Å². The minimum Gasteiger partial charge on any atom is -0.462 e. The van der Waals surface area contributed by atoms with Crippen molar-refractivity contribution in [3.05, 3.63) is 24.3 Å². The second-order valence-electron chi connectivity index (χ2n) is 13.8. The summed E-state index contributed by atoms with van der Waals surface area (Å²) in [7, 11) is -3.19. The Balaban J connectivity index is 3.96. The molecule has 0 aromatic rings. The van der Waals surface area contributed by atoms with Crippen molar-refractivity contribution >= 4 is 19.8 Å². The van der Waals surface area contributed by atoms with Crippen molar-refractivity contribution in [3.8, 4) is 0 Å². The molecule has 294 valence electrons. The zero-order valence-electron chi connectivity index (χ0n) is 32.6. The maximum Gasteiger partial charge on any atom is 0.472 e. The normalized spacial score (nSPS) is 13.6. The average Bonchev–Trinajstić information content (AvgIpc) is 3.10. The number of esters is 2. The minimum absolute atomic E-state index is 0.223. The van der Waals surface area contributed by atoms with Crippen molar-refractivity contribution in [2.75, 3.05) is 20.3 Å². The van der Waals surface area contributed by atoms with E-state index in [2.05, 4.69) is 42.7 Å². The van der Waals surface area contributed by atoms with Gasteiger partial charge in [-0.3, -0.25) is 18.6 Å². The molecule has 0 amide bonds. The van der Waals surface area contributed by atoms with Crippen LogP contribution >= 0.6 is 7.82 Å². The predicted octanol–water partition coefficient (Wildman–Crippen LogP) is 12.7. The fraction of sp³-hybridized carbons (Fsp3) is 0.854. The monoisotopic (exact) mass is 729 g/mol. The Hall–Kier alpha value is -1.47. The van der Waals surface area contributed by atoms with Crippen molar-refractivity contribution in [1.29, 1.82) is 0 Å². The number of allylic oxidation sites excluding steroid dienone is 4. The van der Waals surface area contributed by atoms with Gasteiger partial charge in [0.05, 0.1) is 6.61 Å². The molecule has 0 aliphatic carbocycles. The van der Waals surface area contributed by atoms with Crippen LogP contribution in [0.3, 0.4) is 0 Å². The molecular weight excluding hydrogens is 651 g/mol. The summed E-state index contributed by atoms with van der Waals surface area (Å²) < 4.78 is 31.9. The molecule has 0 saturated carbocycles. The van der Waals surface area contributed by atoms with Gasteiger partial charge >= 0.3 is 19.8 Å². The molecule has 0 aromatic carbocycles. The molecule has 0 rings (SSSR count). The van der Waals surface area contributed by atoms with Crippen molar-refractivity contribution < 1.29 is 37.6 Å². The molecule has 0 saturated heterocycles. The van der Waals surface area contributed by atoms with Gasteiger partial charge < -0.3 is 14.4 Å². The van der Waals surface area contributed by atoms with Gasteiger partial charge in [-0.2, -0.15) is 0 Å². The van der Waals surface area contributed by atoms with Gasteiger partial charge in [0.1, 0.15) is 6.61 Å². The van der Waals surface area contributed by atoms with Crippen LogP contribution in [0.2, 0.25) is 0 Å². The SMILES string of the molecule is CCCCCCC/C=C\C/C=C\CCCCCCCCCCCC(=O)OC(COC(=O)CCCCCCCCCCCC)COP(=O)(O)OC.